The number of hydrogen-bond acceptors (Lipinski definition) is 6. The number of pyridine rings is 1. The second-order valence-electron chi connectivity index (χ2n) is 9.40. The Labute approximate surface area is 201 Å². The zero-order valence-electron chi connectivity index (χ0n) is 19.1. The number of fused-ring (bicyclic) bond motifs is 4. The second-order valence-corrected chi connectivity index (χ2v) is 9.40. The largest absolute Gasteiger partial charge is 0.389 e. The summed E-state index contributed by atoms with van der Waals surface area (Å²) >= 11 is 0. The van der Waals surface area contributed by atoms with E-state index in [0.29, 0.717) is 23.9 Å². The molecular formula is C25H29F3N4O3. The van der Waals surface area contributed by atoms with E-state index in [-0.39, 0.29) is 18.3 Å². The molecule has 4 aliphatic rings. The Kier molecular flexibility index (Phi) is 7.06. The van der Waals surface area contributed by atoms with Crippen LogP contribution in [0.15, 0.2) is 48.7 Å². The number of benzene rings is 1. The van der Waals surface area contributed by atoms with Crippen molar-refractivity contribution in [3.63, 3.8) is 0 Å². The van der Waals surface area contributed by atoms with Crippen molar-refractivity contribution in [1.29, 1.82) is 0 Å². The molecule has 0 saturated carbocycles. The lowest BCUT2D eigenvalue weighted by atomic mass is 10.0. The number of alkyl halides is 3. The van der Waals surface area contributed by atoms with Crippen LogP contribution in [0.4, 0.5) is 18.9 Å². The van der Waals surface area contributed by atoms with Gasteiger partial charge in [0.15, 0.2) is 0 Å². The monoisotopic (exact) mass is 490 g/mol. The first kappa shape index (κ1) is 24.2. The fourth-order valence-corrected chi connectivity index (χ4v) is 5.10. The van der Waals surface area contributed by atoms with Crippen LogP contribution in [0.5, 0.6) is 0 Å². The number of nitrogens with one attached hydrogen (secondary N) is 3. The molecule has 1 aromatic heterocycles. The summed E-state index contributed by atoms with van der Waals surface area (Å²) in [5.74, 6) is -0.636. The number of aromatic nitrogens is 1. The summed E-state index contributed by atoms with van der Waals surface area (Å²) < 4.78 is 47.9. The number of nitrogens with zero attached hydrogens (tertiary/aromatic N) is 1. The van der Waals surface area contributed by atoms with Crippen LogP contribution in [0.1, 0.15) is 49.1 Å². The van der Waals surface area contributed by atoms with Crippen molar-refractivity contribution in [2.24, 2.45) is 0 Å². The molecule has 0 aliphatic carbocycles. The van der Waals surface area contributed by atoms with Crippen LogP contribution < -0.4 is 16.0 Å². The Morgan fingerprint density at radius 3 is 2.14 bits per heavy atom. The van der Waals surface area contributed by atoms with Gasteiger partial charge in [-0.2, -0.15) is 13.2 Å². The number of hydrogen-bond donors (Lipinski definition) is 3. The maximum absolute atomic E-state index is 12.1. The van der Waals surface area contributed by atoms with Gasteiger partial charge in [0, 0.05) is 43.5 Å². The number of anilines is 1. The van der Waals surface area contributed by atoms with Crippen LogP contribution in [0.2, 0.25) is 0 Å². The fourth-order valence-electron chi connectivity index (χ4n) is 5.10. The van der Waals surface area contributed by atoms with Gasteiger partial charge in [-0.15, -0.1) is 0 Å². The number of amides is 1. The van der Waals surface area contributed by atoms with E-state index in [4.69, 9.17) is 9.47 Å². The van der Waals surface area contributed by atoms with E-state index in [1.54, 1.807) is 12.1 Å². The molecule has 6 rings (SSSR count). The molecule has 7 nitrogen and oxygen atoms in total. The van der Waals surface area contributed by atoms with E-state index >= 15 is 0 Å². The summed E-state index contributed by atoms with van der Waals surface area (Å²) in [6, 6.07) is 13.8. The number of ether oxygens (including phenoxy) is 2. The molecule has 1 amide bonds. The molecular weight excluding hydrogens is 461 g/mol. The number of rotatable bonds is 5. The van der Waals surface area contributed by atoms with Crippen LogP contribution >= 0.6 is 0 Å². The Hall–Kier alpha value is -2.53. The summed E-state index contributed by atoms with van der Waals surface area (Å²) in [6.45, 7) is 1.89. The first-order chi connectivity index (χ1) is 16.8. The molecule has 10 heteroatoms. The zero-order chi connectivity index (χ0) is 24.4. The topological polar surface area (TPSA) is 84.5 Å². The molecule has 5 heterocycles. The maximum Gasteiger partial charge on any atom is 0.389 e. The second kappa shape index (κ2) is 10.2. The molecule has 4 saturated heterocycles. The minimum atomic E-state index is -4.31. The predicted molar refractivity (Wildman–Crippen MR) is 123 cm³/mol. The highest BCUT2D eigenvalue weighted by molar-refractivity contribution is 5.90. The quantitative estimate of drug-likeness (QED) is 0.594. The minimum absolute atomic E-state index is 0.00808. The van der Waals surface area contributed by atoms with E-state index in [1.165, 1.54) is 0 Å². The Balaban J connectivity index is 0.000000164. The normalized spacial score (nSPS) is 30.7. The average Bonchev–Trinajstić information content (AvgIpc) is 3.66. The highest BCUT2D eigenvalue weighted by atomic mass is 19.4. The lowest BCUT2D eigenvalue weighted by molar-refractivity contribution is -0.142. The lowest BCUT2D eigenvalue weighted by Gasteiger charge is -2.23. The van der Waals surface area contributed by atoms with Crippen molar-refractivity contribution in [3.8, 4) is 0 Å². The van der Waals surface area contributed by atoms with E-state index in [2.05, 4.69) is 20.9 Å². The third-order valence-electron chi connectivity index (χ3n) is 6.80. The van der Waals surface area contributed by atoms with Crippen LogP contribution in [0.25, 0.3) is 0 Å². The Bertz CT molecular complexity index is 1010. The third kappa shape index (κ3) is 6.00. The average molecular weight is 491 g/mol. The van der Waals surface area contributed by atoms with Gasteiger partial charge in [0.05, 0.1) is 30.4 Å². The van der Waals surface area contributed by atoms with Gasteiger partial charge >= 0.3 is 6.18 Å². The van der Waals surface area contributed by atoms with E-state index < -0.39 is 24.9 Å². The maximum atomic E-state index is 12.1. The van der Waals surface area contributed by atoms with Crippen molar-refractivity contribution in [3.05, 3.63) is 59.9 Å². The molecule has 1 aromatic carbocycles. The van der Waals surface area contributed by atoms with Gasteiger partial charge in [-0.3, -0.25) is 9.78 Å². The molecule has 0 spiro atoms. The molecule has 6 atom stereocenters. The molecule has 35 heavy (non-hydrogen) atoms. The SMILES string of the molecule is O=C(CCC(F)(F)F)Nc1ccc([C@@H]2O[C@H]3CN[C@@H]2C3)cc1.c1ccc([C@@H]2O[C@H]3CN[C@@H]2C3)nc1. The number of morpholine rings is 2. The summed E-state index contributed by atoms with van der Waals surface area (Å²) in [5, 5.41) is 9.29. The Morgan fingerprint density at radius 1 is 0.971 bits per heavy atom. The van der Waals surface area contributed by atoms with Crippen molar-refractivity contribution in [1.82, 2.24) is 15.6 Å². The van der Waals surface area contributed by atoms with Gasteiger partial charge in [0.1, 0.15) is 6.10 Å². The van der Waals surface area contributed by atoms with E-state index in [9.17, 15) is 18.0 Å². The van der Waals surface area contributed by atoms with Gasteiger partial charge < -0.3 is 25.4 Å². The number of carbonyl (C=O) groups is 1. The first-order valence-electron chi connectivity index (χ1n) is 12.0. The van der Waals surface area contributed by atoms with Gasteiger partial charge in [0.2, 0.25) is 5.91 Å². The molecule has 0 radical (unpaired) electrons. The molecule has 4 aliphatic heterocycles. The molecule has 0 unspecified atom stereocenters. The van der Waals surface area contributed by atoms with Crippen molar-refractivity contribution in [2.75, 3.05) is 18.4 Å². The molecule has 4 fully saturated rings. The van der Waals surface area contributed by atoms with Gasteiger partial charge in [-0.1, -0.05) is 18.2 Å². The van der Waals surface area contributed by atoms with Gasteiger partial charge in [-0.05, 0) is 42.7 Å². The van der Waals surface area contributed by atoms with E-state index in [1.807, 2.05) is 36.5 Å². The Morgan fingerprint density at radius 2 is 1.63 bits per heavy atom. The van der Waals surface area contributed by atoms with Crippen LogP contribution in [-0.4, -0.2) is 54.4 Å². The minimum Gasteiger partial charge on any atom is -0.367 e. The smallest absolute Gasteiger partial charge is 0.367 e. The molecule has 2 aromatic rings. The van der Waals surface area contributed by atoms with Crippen LogP contribution in [0.3, 0.4) is 0 Å². The number of halogens is 3. The standard InChI is InChI=1S/C15H17F3N2O2.C10H12N2O/c16-15(17,18)6-5-13(21)20-10-3-1-9(2-4-10)14-12-7-11(22-14)8-19-12;1-2-4-11-8(3-1)10-9-5-7(13-10)6-12-9/h1-4,11-12,14,19H,5-8H2,(H,20,21);1-4,7,9-10,12H,5-6H2/t11-,12-,14+;7-,9-,10+/m11/s1. The first-order valence-corrected chi connectivity index (χ1v) is 12.0. The van der Waals surface area contributed by atoms with Crippen molar-refractivity contribution >= 4 is 11.6 Å². The third-order valence-corrected chi connectivity index (χ3v) is 6.80. The zero-order valence-corrected chi connectivity index (χ0v) is 19.1. The van der Waals surface area contributed by atoms with Crippen molar-refractivity contribution < 1.29 is 27.4 Å². The summed E-state index contributed by atoms with van der Waals surface area (Å²) in [5.41, 5.74) is 2.56. The fraction of sp³-hybridized carbons (Fsp3) is 0.520. The van der Waals surface area contributed by atoms with Crippen molar-refractivity contribution in [2.45, 2.75) is 68.4 Å². The van der Waals surface area contributed by atoms with Crippen LogP contribution in [0, 0.1) is 0 Å². The molecule has 188 valence electrons. The summed E-state index contributed by atoms with van der Waals surface area (Å²) in [6.07, 6.45) is -1.16. The number of carbonyl (C=O) groups excluding carboxylic acids is 1. The predicted octanol–water partition coefficient (Wildman–Crippen LogP) is 3.65. The van der Waals surface area contributed by atoms with Gasteiger partial charge in [-0.25, -0.2) is 0 Å². The summed E-state index contributed by atoms with van der Waals surface area (Å²) in [7, 11) is 0. The molecule has 3 N–H and O–H groups in total. The lowest BCUT2D eigenvalue weighted by Crippen LogP contribution is -2.34. The summed E-state index contributed by atoms with van der Waals surface area (Å²) in [4.78, 5) is 15.8. The van der Waals surface area contributed by atoms with E-state index in [0.717, 1.165) is 37.2 Å². The highest BCUT2D eigenvalue weighted by Crippen LogP contribution is 2.37. The van der Waals surface area contributed by atoms with Crippen LogP contribution in [-0.2, 0) is 14.3 Å². The molecule has 4 bridgehead atoms. The highest BCUT2D eigenvalue weighted by Gasteiger charge is 2.42. The van der Waals surface area contributed by atoms with Gasteiger partial charge in [0.25, 0.3) is 0 Å².